The largest absolute Gasteiger partial charge is 0.299 e. The lowest BCUT2D eigenvalue weighted by molar-refractivity contribution is -0.127. The normalized spacial score (nSPS) is 29.1. The molecule has 1 atom stereocenters. The van der Waals surface area contributed by atoms with Gasteiger partial charge in [0.1, 0.15) is 5.78 Å². The summed E-state index contributed by atoms with van der Waals surface area (Å²) in [6.07, 6.45) is 7.64. The van der Waals surface area contributed by atoms with Crippen LogP contribution in [0.3, 0.4) is 0 Å². The highest BCUT2D eigenvalue weighted by Crippen LogP contribution is 2.45. The molecule has 84 valence electrons. The Morgan fingerprint density at radius 1 is 0.938 bits per heavy atom. The first-order valence-corrected chi connectivity index (χ1v) is 6.45. The number of aryl methyl sites for hydroxylation is 1. The van der Waals surface area contributed by atoms with Gasteiger partial charge in [0.05, 0.1) is 5.41 Å². The Morgan fingerprint density at radius 2 is 1.75 bits per heavy atom. The van der Waals surface area contributed by atoms with Gasteiger partial charge in [-0.05, 0) is 43.2 Å². The van der Waals surface area contributed by atoms with Gasteiger partial charge in [0.15, 0.2) is 0 Å². The highest BCUT2D eigenvalue weighted by Gasteiger charge is 2.43. The first-order valence-electron chi connectivity index (χ1n) is 6.45. The first-order chi connectivity index (χ1) is 7.83. The number of hydrogen-bond donors (Lipinski definition) is 0. The molecule has 2 aliphatic rings. The molecular weight excluding hydrogens is 196 g/mol. The fourth-order valence-electron chi connectivity index (χ4n) is 3.56. The van der Waals surface area contributed by atoms with Gasteiger partial charge in [0.2, 0.25) is 0 Å². The second kappa shape index (κ2) is 3.73. The van der Waals surface area contributed by atoms with Crippen LogP contribution in [0, 0.1) is 0 Å². The second-order valence-electron chi connectivity index (χ2n) is 5.22. The van der Waals surface area contributed by atoms with E-state index >= 15 is 0 Å². The van der Waals surface area contributed by atoms with Gasteiger partial charge in [0, 0.05) is 6.42 Å². The zero-order chi connectivity index (χ0) is 11.0. The molecule has 1 aromatic carbocycles. The maximum Gasteiger partial charge on any atom is 0.143 e. The van der Waals surface area contributed by atoms with Gasteiger partial charge in [-0.1, -0.05) is 30.7 Å². The number of fused-ring (bicyclic) bond motifs is 2. The molecule has 0 N–H and O–H groups in total. The molecule has 3 rings (SSSR count). The summed E-state index contributed by atoms with van der Waals surface area (Å²) in [5, 5.41) is 0. The van der Waals surface area contributed by atoms with Gasteiger partial charge < -0.3 is 0 Å². The van der Waals surface area contributed by atoms with Crippen LogP contribution in [0.1, 0.15) is 49.7 Å². The van der Waals surface area contributed by atoms with Crippen molar-refractivity contribution in [2.24, 2.45) is 0 Å². The maximum absolute atomic E-state index is 12.3. The van der Waals surface area contributed by atoms with Crippen LogP contribution in [-0.4, -0.2) is 5.78 Å². The number of rotatable bonds is 0. The Balaban J connectivity index is 2.12. The zero-order valence-corrected chi connectivity index (χ0v) is 9.67. The minimum atomic E-state index is -0.0902. The Kier molecular flexibility index (Phi) is 2.34. The van der Waals surface area contributed by atoms with Crippen LogP contribution < -0.4 is 0 Å². The summed E-state index contributed by atoms with van der Waals surface area (Å²) in [4.78, 5) is 12.3. The topological polar surface area (TPSA) is 17.1 Å². The lowest BCUT2D eigenvalue weighted by atomic mass is 9.62. The molecule has 0 amide bonds. The van der Waals surface area contributed by atoms with Gasteiger partial charge in [-0.3, -0.25) is 4.79 Å². The SMILES string of the molecule is O=C1CCCCC12CCCc1ccccc12. The number of benzene rings is 1. The van der Waals surface area contributed by atoms with E-state index in [1.54, 1.807) is 0 Å². The second-order valence-corrected chi connectivity index (χ2v) is 5.22. The van der Waals surface area contributed by atoms with Gasteiger partial charge in [-0.2, -0.15) is 0 Å². The van der Waals surface area contributed by atoms with E-state index < -0.39 is 0 Å². The van der Waals surface area contributed by atoms with Crippen LogP contribution in [0.25, 0.3) is 0 Å². The van der Waals surface area contributed by atoms with E-state index in [0.717, 1.165) is 32.1 Å². The van der Waals surface area contributed by atoms with Crippen LogP contribution in [0.4, 0.5) is 0 Å². The maximum atomic E-state index is 12.3. The van der Waals surface area contributed by atoms with Crippen molar-refractivity contribution < 1.29 is 4.79 Å². The summed E-state index contributed by atoms with van der Waals surface area (Å²) in [5.74, 6) is 0.505. The number of carbonyl (C=O) groups excluding carboxylic acids is 1. The van der Waals surface area contributed by atoms with Gasteiger partial charge in [-0.25, -0.2) is 0 Å². The molecule has 1 unspecified atom stereocenters. The lowest BCUT2D eigenvalue weighted by Crippen LogP contribution is -2.41. The summed E-state index contributed by atoms with van der Waals surface area (Å²) in [7, 11) is 0. The van der Waals surface area contributed by atoms with Crippen molar-refractivity contribution in [2.45, 2.75) is 50.4 Å². The minimum Gasteiger partial charge on any atom is -0.299 e. The molecule has 2 aliphatic carbocycles. The predicted octanol–water partition coefficient (Wildman–Crippen LogP) is 3.40. The highest BCUT2D eigenvalue weighted by molar-refractivity contribution is 5.91. The highest BCUT2D eigenvalue weighted by atomic mass is 16.1. The number of Topliss-reactive ketones (excluding diaryl/α,β-unsaturated/α-hetero) is 1. The Bertz CT molecular complexity index is 421. The summed E-state index contributed by atoms with van der Waals surface area (Å²) in [5.41, 5.74) is 2.68. The fraction of sp³-hybridized carbons (Fsp3) is 0.533. The van der Waals surface area contributed by atoms with Crippen LogP contribution in [0.2, 0.25) is 0 Å². The molecule has 0 radical (unpaired) electrons. The third-order valence-corrected chi connectivity index (χ3v) is 4.37. The van der Waals surface area contributed by atoms with Crippen LogP contribution in [0.5, 0.6) is 0 Å². The average Bonchev–Trinajstić information content (AvgIpc) is 2.34. The number of carbonyl (C=O) groups is 1. The fourth-order valence-corrected chi connectivity index (χ4v) is 3.56. The van der Waals surface area contributed by atoms with E-state index in [2.05, 4.69) is 24.3 Å². The molecule has 1 fully saturated rings. The minimum absolute atomic E-state index is 0.0902. The molecular formula is C15H18O. The lowest BCUT2D eigenvalue weighted by Gasteiger charge is -2.40. The van der Waals surface area contributed by atoms with E-state index in [1.807, 2.05) is 0 Å². The van der Waals surface area contributed by atoms with Crippen molar-refractivity contribution in [3.8, 4) is 0 Å². The quantitative estimate of drug-likeness (QED) is 0.647. The van der Waals surface area contributed by atoms with Crippen LogP contribution in [0.15, 0.2) is 24.3 Å². The van der Waals surface area contributed by atoms with Gasteiger partial charge >= 0.3 is 0 Å². The van der Waals surface area contributed by atoms with Crippen LogP contribution >= 0.6 is 0 Å². The van der Waals surface area contributed by atoms with Crippen molar-refractivity contribution in [2.75, 3.05) is 0 Å². The molecule has 1 nitrogen and oxygen atoms in total. The summed E-state index contributed by atoms with van der Waals surface area (Å²) in [6, 6.07) is 8.59. The molecule has 0 aromatic heterocycles. The number of hydrogen-bond acceptors (Lipinski definition) is 1. The Morgan fingerprint density at radius 3 is 2.62 bits per heavy atom. The molecule has 1 spiro atoms. The van der Waals surface area contributed by atoms with Gasteiger partial charge in [-0.15, -0.1) is 0 Å². The molecule has 0 heterocycles. The third-order valence-electron chi connectivity index (χ3n) is 4.37. The Labute approximate surface area is 96.9 Å². The standard InChI is InChI=1S/C15H18O/c16-14-9-3-4-10-15(14)11-5-7-12-6-1-2-8-13(12)15/h1-2,6,8H,3-5,7,9-11H2. The molecule has 16 heavy (non-hydrogen) atoms. The van der Waals surface area contributed by atoms with Crippen molar-refractivity contribution >= 4 is 5.78 Å². The van der Waals surface area contributed by atoms with Gasteiger partial charge in [0.25, 0.3) is 0 Å². The van der Waals surface area contributed by atoms with E-state index in [4.69, 9.17) is 0 Å². The first kappa shape index (κ1) is 10.1. The van der Waals surface area contributed by atoms with Crippen molar-refractivity contribution in [1.82, 2.24) is 0 Å². The monoisotopic (exact) mass is 214 g/mol. The average molecular weight is 214 g/mol. The van der Waals surface area contributed by atoms with Crippen LogP contribution in [-0.2, 0) is 16.6 Å². The van der Waals surface area contributed by atoms with E-state index in [-0.39, 0.29) is 5.41 Å². The summed E-state index contributed by atoms with van der Waals surface area (Å²) >= 11 is 0. The molecule has 0 bridgehead atoms. The molecule has 1 heteroatoms. The van der Waals surface area contributed by atoms with Crippen molar-refractivity contribution in [1.29, 1.82) is 0 Å². The molecule has 1 aromatic rings. The smallest absolute Gasteiger partial charge is 0.143 e. The summed E-state index contributed by atoms with van der Waals surface area (Å²) in [6.45, 7) is 0. The molecule has 0 aliphatic heterocycles. The predicted molar refractivity (Wildman–Crippen MR) is 64.5 cm³/mol. The third kappa shape index (κ3) is 1.34. The Hall–Kier alpha value is -1.11. The molecule has 1 saturated carbocycles. The van der Waals surface area contributed by atoms with Crippen molar-refractivity contribution in [3.05, 3.63) is 35.4 Å². The summed E-state index contributed by atoms with van der Waals surface area (Å²) < 4.78 is 0. The molecule has 0 saturated heterocycles. The number of ketones is 1. The van der Waals surface area contributed by atoms with E-state index in [9.17, 15) is 4.79 Å². The van der Waals surface area contributed by atoms with E-state index in [1.165, 1.54) is 24.0 Å². The van der Waals surface area contributed by atoms with Crippen molar-refractivity contribution in [3.63, 3.8) is 0 Å². The van der Waals surface area contributed by atoms with E-state index in [0.29, 0.717) is 5.78 Å². The zero-order valence-electron chi connectivity index (χ0n) is 9.67.